The van der Waals surface area contributed by atoms with Crippen molar-refractivity contribution in [3.05, 3.63) is 84.9 Å². The fourth-order valence-corrected chi connectivity index (χ4v) is 3.90. The second-order valence-electron chi connectivity index (χ2n) is 9.29. The Morgan fingerprint density at radius 1 is 0.683 bits per heavy atom. The Kier molecular flexibility index (Phi) is 12.6. The Bertz CT molecular complexity index is 1290. The molecule has 3 aromatic rings. The van der Waals surface area contributed by atoms with Crippen molar-refractivity contribution in [1.29, 1.82) is 0 Å². The molecule has 0 atom stereocenters. The van der Waals surface area contributed by atoms with E-state index in [4.69, 9.17) is 4.74 Å². The van der Waals surface area contributed by atoms with Crippen LogP contribution in [0.25, 0.3) is 0 Å². The number of aliphatic hydroxyl groups is 2. The van der Waals surface area contributed by atoms with Gasteiger partial charge in [0.2, 0.25) is 0 Å². The molecule has 0 spiro atoms. The Morgan fingerprint density at radius 3 is 1.39 bits per heavy atom. The van der Waals surface area contributed by atoms with Crippen LogP contribution in [0.15, 0.2) is 105 Å². The minimum atomic E-state index is -0.430. The predicted molar refractivity (Wildman–Crippen MR) is 162 cm³/mol. The highest BCUT2D eigenvalue weighted by Gasteiger charge is 2.09. The number of esters is 1. The number of aliphatic hydroxyl groups excluding tert-OH is 2. The lowest BCUT2D eigenvalue weighted by Crippen LogP contribution is -2.31. The van der Waals surface area contributed by atoms with Gasteiger partial charge in [-0.25, -0.2) is 4.79 Å². The van der Waals surface area contributed by atoms with Crippen LogP contribution in [0, 0.1) is 0 Å². The zero-order valence-electron chi connectivity index (χ0n) is 23.7. The van der Waals surface area contributed by atoms with Crippen LogP contribution in [-0.2, 0) is 9.53 Å². The molecule has 3 rings (SSSR count). The van der Waals surface area contributed by atoms with Crippen molar-refractivity contribution in [2.45, 2.75) is 20.3 Å². The summed E-state index contributed by atoms with van der Waals surface area (Å²) < 4.78 is 5.17. The second kappa shape index (κ2) is 16.6. The molecular formula is C31H38N6O4. The van der Waals surface area contributed by atoms with Gasteiger partial charge in [-0.2, -0.15) is 20.5 Å². The molecule has 0 saturated carbocycles. The third kappa shape index (κ3) is 10.3. The van der Waals surface area contributed by atoms with Crippen molar-refractivity contribution in [2.75, 3.05) is 55.8 Å². The molecule has 0 radical (unpaired) electrons. The fourth-order valence-electron chi connectivity index (χ4n) is 3.90. The summed E-state index contributed by atoms with van der Waals surface area (Å²) in [6.07, 6.45) is 1.01. The van der Waals surface area contributed by atoms with Gasteiger partial charge in [-0.05, 0) is 86.1 Å². The van der Waals surface area contributed by atoms with Gasteiger partial charge in [0.15, 0.2) is 0 Å². The highest BCUT2D eigenvalue weighted by Crippen LogP contribution is 2.26. The summed E-state index contributed by atoms with van der Waals surface area (Å²) >= 11 is 0. The fraction of sp³-hybridized carbons (Fsp3) is 0.323. The number of nitrogens with zero attached hydrogens (tertiary/aromatic N) is 6. The van der Waals surface area contributed by atoms with E-state index in [1.165, 1.54) is 0 Å². The normalized spacial score (nSPS) is 11.2. The molecule has 10 nitrogen and oxygen atoms in total. The number of benzene rings is 3. The summed E-state index contributed by atoms with van der Waals surface area (Å²) in [7, 11) is 0. The van der Waals surface area contributed by atoms with Gasteiger partial charge in [-0.3, -0.25) is 0 Å². The number of azo groups is 2. The van der Waals surface area contributed by atoms with E-state index < -0.39 is 5.97 Å². The lowest BCUT2D eigenvalue weighted by atomic mass is 10.2. The summed E-state index contributed by atoms with van der Waals surface area (Å²) in [5, 5.41) is 35.9. The standard InChI is InChI=1S/C31H38N6O4/c1-4-17-36(18-21-38)29-13-9-27(10-14-29)34-32-25-5-7-26(8-6-25)33-35-28-11-15-30(16-12-28)37(19-22-39)20-23-41-31(40)24(2)3/h5-16,38-39H,2,4,17-23H2,1,3H3. The molecule has 0 saturated heterocycles. The lowest BCUT2D eigenvalue weighted by molar-refractivity contribution is -0.138. The second-order valence-corrected chi connectivity index (χ2v) is 9.29. The lowest BCUT2D eigenvalue weighted by Gasteiger charge is -2.23. The maximum Gasteiger partial charge on any atom is 0.333 e. The van der Waals surface area contributed by atoms with Crippen molar-refractivity contribution in [3.8, 4) is 0 Å². The monoisotopic (exact) mass is 558 g/mol. The first-order valence-electron chi connectivity index (χ1n) is 13.6. The van der Waals surface area contributed by atoms with Crippen molar-refractivity contribution < 1.29 is 19.7 Å². The van der Waals surface area contributed by atoms with Gasteiger partial charge in [-0.1, -0.05) is 13.5 Å². The van der Waals surface area contributed by atoms with Gasteiger partial charge in [-0.15, -0.1) is 0 Å². The molecule has 216 valence electrons. The molecule has 0 aliphatic rings. The Morgan fingerprint density at radius 2 is 1.05 bits per heavy atom. The van der Waals surface area contributed by atoms with E-state index in [2.05, 4.69) is 38.9 Å². The van der Waals surface area contributed by atoms with Crippen LogP contribution >= 0.6 is 0 Å². The average molecular weight is 559 g/mol. The summed E-state index contributed by atoms with van der Waals surface area (Å²) in [6.45, 7) is 9.90. The molecule has 10 heteroatoms. The Hall–Kier alpha value is -4.41. The third-order valence-electron chi connectivity index (χ3n) is 6.02. The van der Waals surface area contributed by atoms with Crippen LogP contribution in [0.2, 0.25) is 0 Å². The molecule has 0 unspecified atom stereocenters. The van der Waals surface area contributed by atoms with Gasteiger partial charge in [0.25, 0.3) is 0 Å². The number of carbonyl (C=O) groups is 1. The predicted octanol–water partition coefficient (Wildman–Crippen LogP) is 6.64. The van der Waals surface area contributed by atoms with Gasteiger partial charge in [0, 0.05) is 36.6 Å². The Balaban J connectivity index is 1.55. The van der Waals surface area contributed by atoms with E-state index in [9.17, 15) is 15.0 Å². The molecule has 0 aliphatic carbocycles. The minimum Gasteiger partial charge on any atom is -0.460 e. The average Bonchev–Trinajstić information content (AvgIpc) is 2.99. The van der Waals surface area contributed by atoms with E-state index in [0.717, 1.165) is 30.0 Å². The molecule has 0 fully saturated rings. The quantitative estimate of drug-likeness (QED) is 0.115. The van der Waals surface area contributed by atoms with E-state index in [1.807, 2.05) is 77.7 Å². The molecule has 0 amide bonds. The first-order chi connectivity index (χ1) is 19.9. The van der Waals surface area contributed by atoms with Gasteiger partial charge in [0.1, 0.15) is 6.61 Å². The number of carbonyl (C=O) groups excluding carboxylic acids is 1. The molecule has 0 aliphatic heterocycles. The molecule has 0 bridgehead atoms. The first kappa shape index (κ1) is 31.1. The van der Waals surface area contributed by atoms with Crippen molar-refractivity contribution in [3.63, 3.8) is 0 Å². The van der Waals surface area contributed by atoms with Crippen molar-refractivity contribution in [2.24, 2.45) is 20.5 Å². The van der Waals surface area contributed by atoms with Gasteiger partial charge < -0.3 is 24.7 Å². The maximum atomic E-state index is 11.6. The first-order valence-corrected chi connectivity index (χ1v) is 13.6. The van der Waals surface area contributed by atoms with Crippen LogP contribution in [0.4, 0.5) is 34.1 Å². The highest BCUT2D eigenvalue weighted by molar-refractivity contribution is 5.86. The number of hydrogen-bond donors (Lipinski definition) is 2. The van der Waals surface area contributed by atoms with E-state index >= 15 is 0 Å². The summed E-state index contributed by atoms with van der Waals surface area (Å²) in [5.41, 5.74) is 5.07. The van der Waals surface area contributed by atoms with Crippen LogP contribution < -0.4 is 9.80 Å². The summed E-state index contributed by atoms with van der Waals surface area (Å²) in [4.78, 5) is 15.7. The van der Waals surface area contributed by atoms with Crippen LogP contribution in [-0.4, -0.2) is 62.2 Å². The molecular weight excluding hydrogens is 520 g/mol. The topological polar surface area (TPSA) is 123 Å². The maximum absolute atomic E-state index is 11.6. The van der Waals surface area contributed by atoms with Gasteiger partial charge >= 0.3 is 5.97 Å². The number of rotatable bonds is 16. The number of hydrogen-bond acceptors (Lipinski definition) is 10. The highest BCUT2D eigenvalue weighted by atomic mass is 16.5. The van der Waals surface area contributed by atoms with Crippen molar-refractivity contribution in [1.82, 2.24) is 0 Å². The Labute approximate surface area is 241 Å². The molecule has 2 N–H and O–H groups in total. The summed E-state index contributed by atoms with van der Waals surface area (Å²) in [6, 6.07) is 22.5. The number of ether oxygens (including phenoxy) is 1. The third-order valence-corrected chi connectivity index (χ3v) is 6.02. The molecule has 3 aromatic carbocycles. The molecule has 41 heavy (non-hydrogen) atoms. The van der Waals surface area contributed by atoms with Crippen LogP contribution in [0.5, 0.6) is 0 Å². The van der Waals surface area contributed by atoms with Crippen LogP contribution in [0.3, 0.4) is 0 Å². The van der Waals surface area contributed by atoms with Crippen LogP contribution in [0.1, 0.15) is 20.3 Å². The van der Waals surface area contributed by atoms with E-state index in [0.29, 0.717) is 42.3 Å². The van der Waals surface area contributed by atoms with E-state index in [1.54, 1.807) is 6.92 Å². The summed E-state index contributed by atoms with van der Waals surface area (Å²) in [5.74, 6) is -0.430. The molecule has 0 aromatic heterocycles. The molecule has 0 heterocycles. The minimum absolute atomic E-state index is 0.0268. The van der Waals surface area contributed by atoms with Crippen molar-refractivity contribution >= 4 is 40.1 Å². The van der Waals surface area contributed by atoms with Gasteiger partial charge in [0.05, 0.1) is 42.5 Å². The SMILES string of the molecule is C=C(C)C(=O)OCCN(CCO)c1ccc(N=Nc2ccc(N=Nc3ccc(N(CCC)CCO)cc3)cc2)cc1. The zero-order chi connectivity index (χ0) is 29.5. The largest absolute Gasteiger partial charge is 0.460 e. The zero-order valence-corrected chi connectivity index (χ0v) is 23.7. The number of anilines is 2. The smallest absolute Gasteiger partial charge is 0.333 e. The van der Waals surface area contributed by atoms with E-state index in [-0.39, 0.29) is 19.8 Å².